The fourth-order valence-corrected chi connectivity index (χ4v) is 0.380. The van der Waals surface area contributed by atoms with Crippen molar-refractivity contribution in [1.29, 1.82) is 0 Å². The zero-order valence-corrected chi connectivity index (χ0v) is 7.38. The Labute approximate surface area is 79.3 Å². The third kappa shape index (κ3) is 6.41. The van der Waals surface area contributed by atoms with E-state index >= 15 is 0 Å². The number of rotatable bonds is 2. The number of ether oxygens (including phenoxy) is 1. The van der Waals surface area contributed by atoms with Gasteiger partial charge in [-0.3, -0.25) is 0 Å². The smallest absolute Gasteiger partial charge is 0.366 e. The third-order valence-corrected chi connectivity index (χ3v) is 0.889. The number of carbonyl (C=O) groups is 1. The fraction of sp³-hybridized carbons (Fsp3) is 0.400. The highest BCUT2D eigenvalue weighted by Crippen LogP contribution is 2.26. The van der Waals surface area contributed by atoms with Crippen LogP contribution in [0.3, 0.4) is 0 Å². The molecule has 0 aromatic heterocycles. The lowest BCUT2D eigenvalue weighted by Gasteiger charge is -2.09. The topological polar surface area (TPSA) is 26.3 Å². The molecule has 0 radical (unpaired) electrons. The number of esters is 1. The Hall–Kier alpha value is 0.01000. The molecule has 0 aromatic rings. The highest BCUT2D eigenvalue weighted by Gasteiger charge is 2.22. The normalized spacial score (nSPS) is 14.2. The average Bonchev–Trinajstić information content (AvgIpc) is 1.97. The van der Waals surface area contributed by atoms with Crippen molar-refractivity contribution in [3.05, 3.63) is 12.4 Å². The molecule has 0 atom stereocenters. The van der Waals surface area contributed by atoms with Gasteiger partial charge in [0.25, 0.3) is 0 Å². The lowest BCUT2D eigenvalue weighted by atomic mass is 10.6. The number of carbonyl (C=O) groups excluding carboxylic acids is 1. The summed E-state index contributed by atoms with van der Waals surface area (Å²) in [5.41, 5.74) is 0. The summed E-state index contributed by atoms with van der Waals surface area (Å²) in [5, 5.41) is 0. The fourth-order valence-electron chi connectivity index (χ4n) is 0.216. The Bertz CT molecular complexity index is 201. The van der Waals surface area contributed by atoms with Crippen molar-refractivity contribution in [1.82, 2.24) is 0 Å². The van der Waals surface area contributed by atoms with Crippen molar-refractivity contribution in [3.63, 3.8) is 0 Å². The summed E-state index contributed by atoms with van der Waals surface area (Å²) in [6, 6.07) is 0. The molecule has 64 valence electrons. The van der Waals surface area contributed by atoms with Gasteiger partial charge in [0.2, 0.25) is 9.62 Å². The van der Waals surface area contributed by atoms with Crippen LogP contribution in [0.5, 0.6) is 0 Å². The molecular formula is C5H4Cl3FO2. The summed E-state index contributed by atoms with van der Waals surface area (Å²) in [7, 11) is 0. The molecule has 0 unspecified atom stereocenters. The predicted molar refractivity (Wildman–Crippen MR) is 41.5 cm³/mol. The van der Waals surface area contributed by atoms with Gasteiger partial charge in [-0.15, -0.1) is 0 Å². The maximum Gasteiger partial charge on any atom is 0.366 e. The summed E-state index contributed by atoms with van der Waals surface area (Å²) in [4.78, 5) is 10.5. The lowest BCUT2D eigenvalue weighted by Crippen LogP contribution is -2.17. The van der Waals surface area contributed by atoms with Crippen LogP contribution in [0, 0.1) is 0 Å². The summed E-state index contributed by atoms with van der Waals surface area (Å²) in [5.74, 6) is -2.67. The van der Waals surface area contributed by atoms with Crippen LogP contribution in [0.15, 0.2) is 12.4 Å². The van der Waals surface area contributed by atoms with Gasteiger partial charge in [-0.25, -0.2) is 4.79 Å². The SMILES string of the molecule is [2H]/C=C(\F)C(=O)OCC(Cl)(Cl)Cl. The lowest BCUT2D eigenvalue weighted by molar-refractivity contribution is -0.140. The standard InChI is InChI=1S/C5H4Cl3FO2/c1-3(9)4(10)11-2-5(6,7)8/h1-2H2/i1D/b3-1-. The second-order valence-corrected chi connectivity index (χ2v) is 4.06. The monoisotopic (exact) mass is 221 g/mol. The first-order chi connectivity index (χ1) is 5.37. The van der Waals surface area contributed by atoms with Crippen LogP contribution < -0.4 is 0 Å². The molecule has 0 spiro atoms. The van der Waals surface area contributed by atoms with E-state index in [2.05, 4.69) is 4.74 Å². The van der Waals surface area contributed by atoms with Crippen LogP contribution in [0.1, 0.15) is 1.37 Å². The maximum atomic E-state index is 12.2. The molecule has 2 nitrogen and oxygen atoms in total. The number of hydrogen-bond donors (Lipinski definition) is 0. The first-order valence-electron chi connectivity index (χ1n) is 2.92. The average molecular weight is 222 g/mol. The molecule has 0 saturated heterocycles. The largest absolute Gasteiger partial charge is 0.456 e. The van der Waals surface area contributed by atoms with Gasteiger partial charge < -0.3 is 4.74 Å². The first-order valence-corrected chi connectivity index (χ1v) is 3.48. The van der Waals surface area contributed by atoms with Crippen LogP contribution in [0.4, 0.5) is 4.39 Å². The van der Waals surface area contributed by atoms with E-state index in [0.29, 0.717) is 0 Å². The van der Waals surface area contributed by atoms with E-state index in [1.807, 2.05) is 0 Å². The second kappa shape index (κ2) is 4.14. The Morgan fingerprint density at radius 1 is 1.73 bits per heavy atom. The molecule has 0 aromatic carbocycles. The van der Waals surface area contributed by atoms with E-state index in [-0.39, 0.29) is 6.55 Å². The van der Waals surface area contributed by atoms with E-state index in [1.54, 1.807) is 0 Å². The van der Waals surface area contributed by atoms with Crippen molar-refractivity contribution in [3.8, 4) is 0 Å². The minimum atomic E-state index is -1.77. The van der Waals surface area contributed by atoms with Crippen molar-refractivity contribution in [2.45, 2.75) is 3.79 Å². The summed E-state index contributed by atoms with van der Waals surface area (Å²) in [6.07, 6.45) is 0. The zero-order chi connectivity index (χ0) is 9.78. The van der Waals surface area contributed by atoms with Crippen molar-refractivity contribution >= 4 is 40.8 Å². The van der Waals surface area contributed by atoms with Crippen LogP contribution in [0.2, 0.25) is 0 Å². The Morgan fingerprint density at radius 3 is 2.64 bits per heavy atom. The van der Waals surface area contributed by atoms with Gasteiger partial charge >= 0.3 is 5.97 Å². The van der Waals surface area contributed by atoms with Crippen LogP contribution in [-0.2, 0) is 9.53 Å². The molecule has 0 rings (SSSR count). The van der Waals surface area contributed by atoms with E-state index in [4.69, 9.17) is 36.2 Å². The van der Waals surface area contributed by atoms with E-state index < -0.39 is 22.2 Å². The van der Waals surface area contributed by atoms with Gasteiger partial charge in [-0.1, -0.05) is 41.4 Å². The van der Waals surface area contributed by atoms with Gasteiger partial charge in [-0.05, 0) is 0 Å². The summed E-state index contributed by atoms with van der Waals surface area (Å²) >= 11 is 15.6. The van der Waals surface area contributed by atoms with Gasteiger partial charge in [0.15, 0.2) is 0 Å². The van der Waals surface area contributed by atoms with Crippen molar-refractivity contribution in [2.75, 3.05) is 6.61 Å². The molecule has 11 heavy (non-hydrogen) atoms. The van der Waals surface area contributed by atoms with E-state index in [0.717, 1.165) is 0 Å². The maximum absolute atomic E-state index is 12.2. The minimum absolute atomic E-state index is 0.209. The van der Waals surface area contributed by atoms with Gasteiger partial charge in [0.05, 0.1) is 1.37 Å². The van der Waals surface area contributed by atoms with Gasteiger partial charge in [0, 0.05) is 0 Å². The Balaban J connectivity index is 3.89. The first kappa shape index (κ1) is 9.10. The second-order valence-electron chi connectivity index (χ2n) is 1.54. The number of hydrogen-bond acceptors (Lipinski definition) is 2. The molecule has 0 amide bonds. The van der Waals surface area contributed by atoms with E-state index in [9.17, 15) is 9.18 Å². The van der Waals surface area contributed by atoms with Crippen LogP contribution >= 0.6 is 34.8 Å². The minimum Gasteiger partial charge on any atom is -0.456 e. The highest BCUT2D eigenvalue weighted by atomic mass is 35.6. The zero-order valence-electron chi connectivity index (χ0n) is 6.11. The molecule has 0 saturated carbocycles. The molecule has 0 N–H and O–H groups in total. The molecule has 0 bridgehead atoms. The highest BCUT2D eigenvalue weighted by molar-refractivity contribution is 6.67. The van der Waals surface area contributed by atoms with Crippen LogP contribution in [-0.4, -0.2) is 16.4 Å². The molecule has 6 heteroatoms. The van der Waals surface area contributed by atoms with Gasteiger partial charge in [-0.2, -0.15) is 4.39 Å². The number of alkyl halides is 3. The molecule has 0 aliphatic heterocycles. The molecule has 0 fully saturated rings. The van der Waals surface area contributed by atoms with Crippen molar-refractivity contribution < 1.29 is 15.3 Å². The number of halogens is 4. The predicted octanol–water partition coefficient (Wildman–Crippen LogP) is 2.38. The Kier molecular flexibility index (Phi) is 3.43. The summed E-state index contributed by atoms with van der Waals surface area (Å²) in [6.45, 7) is -0.349. The van der Waals surface area contributed by atoms with E-state index in [1.165, 1.54) is 0 Å². The molecular weight excluding hydrogens is 217 g/mol. The third-order valence-electron chi connectivity index (χ3n) is 0.562. The van der Waals surface area contributed by atoms with Gasteiger partial charge in [0.1, 0.15) is 6.61 Å². The quantitative estimate of drug-likeness (QED) is 0.407. The Morgan fingerprint density at radius 2 is 2.27 bits per heavy atom. The van der Waals surface area contributed by atoms with Crippen molar-refractivity contribution in [2.24, 2.45) is 0 Å². The molecule has 0 aliphatic carbocycles. The van der Waals surface area contributed by atoms with Crippen LogP contribution in [0.25, 0.3) is 0 Å². The summed E-state index contributed by atoms with van der Waals surface area (Å²) < 4.78 is 20.9. The molecule has 0 aliphatic rings. The molecule has 0 heterocycles.